The monoisotopic (exact) mass is 230 g/mol. The lowest BCUT2D eigenvalue weighted by molar-refractivity contribution is 0.616. The van der Waals surface area contributed by atoms with Crippen LogP contribution in [0.15, 0.2) is 18.2 Å². The highest BCUT2D eigenvalue weighted by molar-refractivity contribution is 9.08. The van der Waals surface area contributed by atoms with Gasteiger partial charge in [0, 0.05) is 5.33 Å². The molecule has 0 atom stereocenters. The van der Waals surface area contributed by atoms with E-state index in [1.807, 2.05) is 12.1 Å². The highest BCUT2D eigenvalue weighted by Gasteiger charge is 2.00. The van der Waals surface area contributed by atoms with E-state index in [4.69, 9.17) is 0 Å². The molecule has 2 heteroatoms. The van der Waals surface area contributed by atoms with Crippen LogP contribution in [0.2, 0.25) is 0 Å². The fourth-order valence-electron chi connectivity index (χ4n) is 1.17. The van der Waals surface area contributed by atoms with Crippen LogP contribution in [0.5, 0.6) is 0 Å². The number of hydrogen-bond acceptors (Lipinski definition) is 0. The van der Waals surface area contributed by atoms with Gasteiger partial charge in [-0.3, -0.25) is 0 Å². The lowest BCUT2D eigenvalue weighted by Crippen LogP contribution is -1.90. The van der Waals surface area contributed by atoms with Crippen LogP contribution in [0, 0.1) is 5.82 Å². The summed E-state index contributed by atoms with van der Waals surface area (Å²) in [6, 6.07) is 5.32. The van der Waals surface area contributed by atoms with Gasteiger partial charge in [-0.05, 0) is 23.6 Å². The molecule has 1 aromatic carbocycles. The zero-order chi connectivity index (χ0) is 8.97. The molecule has 0 aromatic heterocycles. The Bertz CT molecular complexity index is 258. The van der Waals surface area contributed by atoms with E-state index in [1.165, 1.54) is 5.56 Å². The Morgan fingerprint density at radius 3 is 2.75 bits per heavy atom. The van der Waals surface area contributed by atoms with Crippen LogP contribution >= 0.6 is 15.9 Å². The third-order valence-corrected chi connectivity index (χ3v) is 2.40. The fourth-order valence-corrected chi connectivity index (χ4v) is 1.60. The summed E-state index contributed by atoms with van der Waals surface area (Å²) < 4.78 is 13.0. The lowest BCUT2D eigenvalue weighted by Gasteiger charge is -2.02. The molecule has 1 aromatic rings. The number of halogens is 2. The Labute approximate surface area is 80.9 Å². The topological polar surface area (TPSA) is 0 Å². The second-order valence-corrected chi connectivity index (χ2v) is 3.37. The van der Waals surface area contributed by atoms with Gasteiger partial charge in [-0.25, -0.2) is 4.39 Å². The summed E-state index contributed by atoms with van der Waals surface area (Å²) in [4.78, 5) is 0. The van der Waals surface area contributed by atoms with Crippen LogP contribution in [0.1, 0.15) is 24.5 Å². The molecular formula is C10H12BrF. The van der Waals surface area contributed by atoms with Crippen molar-refractivity contribution in [3.05, 3.63) is 35.1 Å². The molecule has 0 bridgehead atoms. The molecule has 66 valence electrons. The maximum atomic E-state index is 13.0. The molecule has 0 aliphatic rings. The SMILES string of the molecule is CCCc1ccc(F)c(CBr)c1. The van der Waals surface area contributed by atoms with E-state index in [1.54, 1.807) is 6.07 Å². The van der Waals surface area contributed by atoms with E-state index in [2.05, 4.69) is 22.9 Å². The summed E-state index contributed by atoms with van der Waals surface area (Å²) in [5, 5.41) is 0.594. The van der Waals surface area contributed by atoms with Crippen LogP contribution in [0.3, 0.4) is 0 Å². The molecular weight excluding hydrogens is 219 g/mol. The van der Waals surface area contributed by atoms with E-state index in [0.717, 1.165) is 18.4 Å². The Morgan fingerprint density at radius 1 is 1.42 bits per heavy atom. The summed E-state index contributed by atoms with van der Waals surface area (Å²) in [7, 11) is 0. The van der Waals surface area contributed by atoms with Crippen LogP contribution in [0.25, 0.3) is 0 Å². The first-order valence-electron chi connectivity index (χ1n) is 4.11. The predicted molar refractivity (Wildman–Crippen MR) is 53.0 cm³/mol. The van der Waals surface area contributed by atoms with Crippen LogP contribution in [0.4, 0.5) is 4.39 Å². The first kappa shape index (κ1) is 9.72. The molecule has 12 heavy (non-hydrogen) atoms. The number of rotatable bonds is 3. The van der Waals surface area contributed by atoms with Gasteiger partial charge < -0.3 is 0 Å². The van der Waals surface area contributed by atoms with Crippen LogP contribution in [-0.2, 0) is 11.8 Å². The lowest BCUT2D eigenvalue weighted by atomic mass is 10.1. The summed E-state index contributed by atoms with van der Waals surface area (Å²) >= 11 is 3.25. The molecule has 0 heterocycles. The van der Waals surface area contributed by atoms with Crippen molar-refractivity contribution in [3.63, 3.8) is 0 Å². The molecule has 0 saturated heterocycles. The second kappa shape index (κ2) is 4.61. The largest absolute Gasteiger partial charge is 0.207 e. The molecule has 0 fully saturated rings. The highest BCUT2D eigenvalue weighted by atomic mass is 79.9. The Morgan fingerprint density at radius 2 is 2.17 bits per heavy atom. The summed E-state index contributed by atoms with van der Waals surface area (Å²) in [6.07, 6.45) is 2.13. The van der Waals surface area contributed by atoms with Gasteiger partial charge in [0.2, 0.25) is 0 Å². The Kier molecular flexibility index (Phi) is 3.73. The molecule has 1 rings (SSSR count). The van der Waals surface area contributed by atoms with E-state index in [0.29, 0.717) is 5.33 Å². The van der Waals surface area contributed by atoms with Crippen molar-refractivity contribution in [1.29, 1.82) is 0 Å². The highest BCUT2D eigenvalue weighted by Crippen LogP contribution is 2.14. The van der Waals surface area contributed by atoms with Crippen molar-refractivity contribution in [1.82, 2.24) is 0 Å². The van der Waals surface area contributed by atoms with E-state index < -0.39 is 0 Å². The normalized spacial score (nSPS) is 10.2. The average molecular weight is 231 g/mol. The zero-order valence-corrected chi connectivity index (χ0v) is 8.70. The third kappa shape index (κ3) is 2.31. The fraction of sp³-hybridized carbons (Fsp3) is 0.400. The number of alkyl halides is 1. The van der Waals surface area contributed by atoms with Gasteiger partial charge in [0.15, 0.2) is 0 Å². The summed E-state index contributed by atoms with van der Waals surface area (Å²) in [5.41, 5.74) is 1.97. The van der Waals surface area contributed by atoms with E-state index in [-0.39, 0.29) is 5.82 Å². The minimum absolute atomic E-state index is 0.119. The molecule has 0 nitrogen and oxygen atoms in total. The minimum Gasteiger partial charge on any atom is -0.207 e. The molecule has 0 radical (unpaired) electrons. The third-order valence-electron chi connectivity index (χ3n) is 1.79. The van der Waals surface area contributed by atoms with Crippen molar-refractivity contribution < 1.29 is 4.39 Å². The summed E-state index contributed by atoms with van der Waals surface area (Å²) in [6.45, 7) is 2.12. The number of benzene rings is 1. The molecule has 0 amide bonds. The number of hydrogen-bond donors (Lipinski definition) is 0. The molecule has 0 aliphatic heterocycles. The second-order valence-electron chi connectivity index (χ2n) is 2.81. The van der Waals surface area contributed by atoms with Crippen molar-refractivity contribution in [2.24, 2.45) is 0 Å². The quantitative estimate of drug-likeness (QED) is 0.696. The number of aryl methyl sites for hydroxylation is 1. The maximum Gasteiger partial charge on any atom is 0.127 e. The van der Waals surface area contributed by atoms with E-state index in [9.17, 15) is 4.39 Å². The van der Waals surface area contributed by atoms with E-state index >= 15 is 0 Å². The Balaban J connectivity index is 2.89. The van der Waals surface area contributed by atoms with Crippen molar-refractivity contribution >= 4 is 15.9 Å². The van der Waals surface area contributed by atoms with Crippen molar-refractivity contribution in [2.45, 2.75) is 25.1 Å². The van der Waals surface area contributed by atoms with Gasteiger partial charge in [-0.2, -0.15) is 0 Å². The van der Waals surface area contributed by atoms with Gasteiger partial charge >= 0.3 is 0 Å². The first-order chi connectivity index (χ1) is 5.77. The molecule has 0 saturated carbocycles. The van der Waals surface area contributed by atoms with Crippen molar-refractivity contribution in [2.75, 3.05) is 0 Å². The molecule has 0 N–H and O–H groups in total. The maximum absolute atomic E-state index is 13.0. The molecule has 0 aliphatic carbocycles. The van der Waals surface area contributed by atoms with Crippen LogP contribution in [-0.4, -0.2) is 0 Å². The molecule has 0 spiro atoms. The summed E-state index contributed by atoms with van der Waals surface area (Å²) in [5.74, 6) is -0.119. The Hall–Kier alpha value is -0.370. The van der Waals surface area contributed by atoms with Gasteiger partial charge in [0.05, 0.1) is 0 Å². The first-order valence-corrected chi connectivity index (χ1v) is 5.23. The van der Waals surface area contributed by atoms with Gasteiger partial charge in [-0.15, -0.1) is 0 Å². The smallest absolute Gasteiger partial charge is 0.127 e. The predicted octanol–water partition coefficient (Wildman–Crippen LogP) is 3.67. The van der Waals surface area contributed by atoms with Crippen molar-refractivity contribution in [3.8, 4) is 0 Å². The van der Waals surface area contributed by atoms with Crippen LogP contribution < -0.4 is 0 Å². The van der Waals surface area contributed by atoms with Gasteiger partial charge in [0.1, 0.15) is 5.82 Å². The molecule has 0 unspecified atom stereocenters. The zero-order valence-electron chi connectivity index (χ0n) is 7.11. The van der Waals surface area contributed by atoms with Gasteiger partial charge in [0.25, 0.3) is 0 Å². The van der Waals surface area contributed by atoms with Gasteiger partial charge in [-0.1, -0.05) is 41.4 Å². The minimum atomic E-state index is -0.119. The average Bonchev–Trinajstić information content (AvgIpc) is 2.09. The standard InChI is InChI=1S/C10H12BrF/c1-2-3-8-4-5-10(12)9(6-8)7-11/h4-6H,2-3,7H2,1H3.